The molecule has 0 aliphatic rings. The maximum Gasteiger partial charge on any atom is 0.416 e. The molecule has 1 heterocycles. The van der Waals surface area contributed by atoms with Crippen molar-refractivity contribution >= 4 is 16.8 Å². The summed E-state index contributed by atoms with van der Waals surface area (Å²) in [6.45, 7) is -0.498. The standard InChI is InChI=1S/C25H20F3N3O3/c26-25(27,28)19-10-6-9-18(13-19)14-29-22(32)16-30-21-12-5-4-11-20(21)23(33)31(24(30)34)15-17-7-2-1-3-8-17/h1-13H,14-16H2,(H,29,32). The average Bonchev–Trinajstić information content (AvgIpc) is 2.83. The highest BCUT2D eigenvalue weighted by atomic mass is 19.4. The first-order valence-electron chi connectivity index (χ1n) is 10.4. The number of nitrogens with one attached hydrogen (secondary N) is 1. The number of rotatable bonds is 6. The minimum Gasteiger partial charge on any atom is -0.350 e. The Morgan fingerprint density at radius 2 is 1.50 bits per heavy atom. The summed E-state index contributed by atoms with van der Waals surface area (Å²) in [7, 11) is 0. The Morgan fingerprint density at radius 3 is 2.24 bits per heavy atom. The van der Waals surface area contributed by atoms with Crippen LogP contribution >= 0.6 is 0 Å². The first-order valence-corrected chi connectivity index (χ1v) is 10.4. The third-order valence-electron chi connectivity index (χ3n) is 5.36. The van der Waals surface area contributed by atoms with Crippen LogP contribution in [0, 0.1) is 0 Å². The van der Waals surface area contributed by atoms with Gasteiger partial charge in [-0.1, -0.05) is 54.6 Å². The van der Waals surface area contributed by atoms with Crippen LogP contribution in [0.15, 0.2) is 88.5 Å². The summed E-state index contributed by atoms with van der Waals surface area (Å²) < 4.78 is 41.0. The topological polar surface area (TPSA) is 73.1 Å². The highest BCUT2D eigenvalue weighted by Gasteiger charge is 2.30. The lowest BCUT2D eigenvalue weighted by Gasteiger charge is -2.14. The first-order chi connectivity index (χ1) is 16.2. The number of hydrogen-bond acceptors (Lipinski definition) is 3. The fourth-order valence-corrected chi connectivity index (χ4v) is 3.69. The number of amides is 1. The first kappa shape index (κ1) is 23.0. The van der Waals surface area contributed by atoms with Gasteiger partial charge in [-0.2, -0.15) is 13.2 Å². The molecule has 0 saturated heterocycles. The molecule has 4 rings (SSSR count). The molecule has 9 heteroatoms. The molecular formula is C25H20F3N3O3. The van der Waals surface area contributed by atoms with Crippen molar-refractivity contribution in [2.75, 3.05) is 0 Å². The average molecular weight is 467 g/mol. The number of alkyl halides is 3. The molecule has 1 amide bonds. The molecule has 0 spiro atoms. The molecule has 1 aromatic heterocycles. The molecule has 34 heavy (non-hydrogen) atoms. The second-order valence-electron chi connectivity index (χ2n) is 7.74. The van der Waals surface area contributed by atoms with E-state index >= 15 is 0 Å². The molecule has 0 aliphatic heterocycles. The number of carbonyl (C=O) groups excluding carboxylic acids is 1. The van der Waals surface area contributed by atoms with E-state index in [0.29, 0.717) is 5.52 Å². The molecule has 0 atom stereocenters. The molecule has 0 fully saturated rings. The smallest absolute Gasteiger partial charge is 0.350 e. The van der Waals surface area contributed by atoms with Crippen molar-refractivity contribution in [2.45, 2.75) is 25.8 Å². The number of aromatic nitrogens is 2. The SMILES string of the molecule is O=C(Cn1c(=O)n(Cc2ccccc2)c(=O)c2ccccc21)NCc1cccc(C(F)(F)F)c1. The van der Waals surface area contributed by atoms with Gasteiger partial charge in [-0.15, -0.1) is 0 Å². The maximum absolute atomic E-state index is 13.2. The number of nitrogens with zero attached hydrogens (tertiary/aromatic N) is 2. The number of benzene rings is 3. The quantitative estimate of drug-likeness (QED) is 0.472. The van der Waals surface area contributed by atoms with E-state index in [1.54, 1.807) is 48.5 Å². The van der Waals surface area contributed by atoms with Crippen LogP contribution in [0.1, 0.15) is 16.7 Å². The summed E-state index contributed by atoms with van der Waals surface area (Å²) >= 11 is 0. The van der Waals surface area contributed by atoms with Gasteiger partial charge in [0.2, 0.25) is 5.91 Å². The van der Waals surface area contributed by atoms with Gasteiger partial charge < -0.3 is 5.32 Å². The molecule has 1 N–H and O–H groups in total. The van der Waals surface area contributed by atoms with Crippen LogP contribution in [0.2, 0.25) is 0 Å². The second kappa shape index (κ2) is 9.38. The van der Waals surface area contributed by atoms with Crippen LogP contribution < -0.4 is 16.6 Å². The van der Waals surface area contributed by atoms with E-state index in [9.17, 15) is 27.6 Å². The number of hydrogen-bond donors (Lipinski definition) is 1. The molecule has 3 aromatic carbocycles. The van der Waals surface area contributed by atoms with Gasteiger partial charge in [-0.05, 0) is 35.4 Å². The lowest BCUT2D eigenvalue weighted by Crippen LogP contribution is -2.42. The van der Waals surface area contributed by atoms with Gasteiger partial charge in [0, 0.05) is 6.54 Å². The Labute approximate surface area is 191 Å². The molecule has 0 aliphatic carbocycles. The molecule has 0 radical (unpaired) electrons. The fourth-order valence-electron chi connectivity index (χ4n) is 3.69. The Hall–Kier alpha value is -4.14. The van der Waals surface area contributed by atoms with Crippen molar-refractivity contribution in [1.29, 1.82) is 0 Å². The van der Waals surface area contributed by atoms with Gasteiger partial charge in [0.15, 0.2) is 0 Å². The Balaban J connectivity index is 1.62. The Morgan fingerprint density at radius 1 is 0.824 bits per heavy atom. The van der Waals surface area contributed by atoms with Gasteiger partial charge in [-0.25, -0.2) is 4.79 Å². The maximum atomic E-state index is 13.2. The minimum atomic E-state index is -4.49. The van der Waals surface area contributed by atoms with E-state index in [4.69, 9.17) is 0 Å². The van der Waals surface area contributed by atoms with Crippen molar-refractivity contribution in [3.8, 4) is 0 Å². The zero-order chi connectivity index (χ0) is 24.3. The number of para-hydroxylation sites is 1. The van der Waals surface area contributed by atoms with Crippen LogP contribution in [-0.2, 0) is 30.6 Å². The largest absolute Gasteiger partial charge is 0.416 e. The third-order valence-corrected chi connectivity index (χ3v) is 5.36. The van der Waals surface area contributed by atoms with E-state index in [1.807, 2.05) is 6.07 Å². The number of fused-ring (bicyclic) bond motifs is 1. The molecule has 4 aromatic rings. The highest BCUT2D eigenvalue weighted by Crippen LogP contribution is 2.29. The summed E-state index contributed by atoms with van der Waals surface area (Å²) in [5, 5.41) is 2.83. The zero-order valence-electron chi connectivity index (χ0n) is 17.9. The summed E-state index contributed by atoms with van der Waals surface area (Å²) in [5.41, 5.74) is -0.607. The van der Waals surface area contributed by atoms with Crippen molar-refractivity contribution in [1.82, 2.24) is 14.5 Å². The molecule has 6 nitrogen and oxygen atoms in total. The minimum absolute atomic E-state index is 0.0369. The molecule has 0 bridgehead atoms. The summed E-state index contributed by atoms with van der Waals surface area (Å²) in [6.07, 6.45) is -4.49. The molecule has 0 unspecified atom stereocenters. The molecule has 0 saturated carbocycles. The summed E-state index contributed by atoms with van der Waals surface area (Å²) in [4.78, 5) is 38.8. The third kappa shape index (κ3) is 4.93. The van der Waals surface area contributed by atoms with E-state index in [-0.39, 0.29) is 24.0 Å². The van der Waals surface area contributed by atoms with Gasteiger partial charge in [0.1, 0.15) is 6.54 Å². The van der Waals surface area contributed by atoms with Gasteiger partial charge in [-0.3, -0.25) is 18.7 Å². The Bertz CT molecular complexity index is 1460. The predicted octanol–water partition coefficient (Wildman–Crippen LogP) is 3.55. The van der Waals surface area contributed by atoms with Gasteiger partial charge >= 0.3 is 11.9 Å². The Kier molecular flexibility index (Phi) is 6.36. The van der Waals surface area contributed by atoms with Gasteiger partial charge in [0.25, 0.3) is 5.56 Å². The number of carbonyl (C=O) groups is 1. The van der Waals surface area contributed by atoms with Crippen molar-refractivity contribution in [3.63, 3.8) is 0 Å². The van der Waals surface area contributed by atoms with E-state index < -0.39 is 35.4 Å². The summed E-state index contributed by atoms with van der Waals surface area (Å²) in [6, 6.07) is 20.1. The van der Waals surface area contributed by atoms with Crippen LogP contribution in [0.4, 0.5) is 13.2 Å². The van der Waals surface area contributed by atoms with Gasteiger partial charge in [0.05, 0.1) is 23.0 Å². The molecule has 174 valence electrons. The normalized spacial score (nSPS) is 11.5. The highest BCUT2D eigenvalue weighted by molar-refractivity contribution is 5.81. The van der Waals surface area contributed by atoms with E-state index in [1.165, 1.54) is 16.7 Å². The van der Waals surface area contributed by atoms with Crippen LogP contribution in [0.5, 0.6) is 0 Å². The lowest BCUT2D eigenvalue weighted by molar-refractivity contribution is -0.137. The number of halogens is 3. The van der Waals surface area contributed by atoms with Crippen LogP contribution in [-0.4, -0.2) is 15.0 Å². The van der Waals surface area contributed by atoms with E-state index in [2.05, 4.69) is 5.32 Å². The van der Waals surface area contributed by atoms with Crippen LogP contribution in [0.25, 0.3) is 10.9 Å². The van der Waals surface area contributed by atoms with E-state index in [0.717, 1.165) is 22.3 Å². The van der Waals surface area contributed by atoms with Crippen LogP contribution in [0.3, 0.4) is 0 Å². The second-order valence-corrected chi connectivity index (χ2v) is 7.74. The monoisotopic (exact) mass is 467 g/mol. The summed E-state index contributed by atoms with van der Waals surface area (Å²) in [5.74, 6) is -0.574. The van der Waals surface area contributed by atoms with Crippen molar-refractivity contribution in [2.24, 2.45) is 0 Å². The van der Waals surface area contributed by atoms with Crippen molar-refractivity contribution in [3.05, 3.63) is 116 Å². The molecular weight excluding hydrogens is 447 g/mol. The lowest BCUT2D eigenvalue weighted by atomic mass is 10.1. The predicted molar refractivity (Wildman–Crippen MR) is 121 cm³/mol. The fraction of sp³-hybridized carbons (Fsp3) is 0.160. The zero-order valence-corrected chi connectivity index (χ0v) is 17.9. The van der Waals surface area contributed by atoms with Crippen molar-refractivity contribution < 1.29 is 18.0 Å².